The molecule has 1 aliphatic carbocycles. The molecular formula is C13H18N2O3. The van der Waals surface area contributed by atoms with Crippen molar-refractivity contribution in [2.24, 2.45) is 5.92 Å². The number of benzene rings is 1. The van der Waals surface area contributed by atoms with E-state index < -0.39 is 0 Å². The summed E-state index contributed by atoms with van der Waals surface area (Å²) in [5.41, 5.74) is 0.966. The highest BCUT2D eigenvalue weighted by atomic mass is 16.6. The molecule has 1 aliphatic rings. The van der Waals surface area contributed by atoms with Gasteiger partial charge in [0.05, 0.1) is 11.5 Å². The van der Waals surface area contributed by atoms with E-state index in [1.165, 1.54) is 18.9 Å². The molecule has 18 heavy (non-hydrogen) atoms. The highest BCUT2D eigenvalue weighted by Gasteiger charge is 2.22. The molecule has 1 N–H and O–H groups in total. The zero-order chi connectivity index (χ0) is 13.0. The quantitative estimate of drug-likeness (QED) is 0.596. The van der Waals surface area contributed by atoms with Crippen LogP contribution in [0.15, 0.2) is 18.2 Å². The average molecular weight is 250 g/mol. The molecule has 0 bridgehead atoms. The predicted octanol–water partition coefficient (Wildman–Crippen LogP) is 2.49. The van der Waals surface area contributed by atoms with Crippen LogP contribution in [0, 0.1) is 16.0 Å². The second kappa shape index (κ2) is 5.82. The van der Waals surface area contributed by atoms with E-state index in [0.717, 1.165) is 24.5 Å². The van der Waals surface area contributed by atoms with E-state index in [4.69, 9.17) is 4.74 Å². The lowest BCUT2D eigenvalue weighted by atomic mass is 10.1. The maximum atomic E-state index is 10.8. The van der Waals surface area contributed by atoms with Crippen molar-refractivity contribution in [1.82, 2.24) is 5.32 Å². The summed E-state index contributed by atoms with van der Waals surface area (Å²) in [5, 5.41) is 13.9. The molecule has 2 rings (SSSR count). The summed E-state index contributed by atoms with van der Waals surface area (Å²) in [6.45, 7) is 4.14. The van der Waals surface area contributed by atoms with Gasteiger partial charge in [-0.3, -0.25) is 10.1 Å². The molecule has 1 saturated carbocycles. The van der Waals surface area contributed by atoms with Crippen molar-refractivity contribution in [3.8, 4) is 5.75 Å². The molecule has 1 fully saturated rings. The Balaban J connectivity index is 2.10. The van der Waals surface area contributed by atoms with Crippen molar-refractivity contribution in [2.45, 2.75) is 26.3 Å². The van der Waals surface area contributed by atoms with Gasteiger partial charge < -0.3 is 10.1 Å². The minimum Gasteiger partial charge on any atom is -0.493 e. The Labute approximate surface area is 106 Å². The van der Waals surface area contributed by atoms with Gasteiger partial charge in [-0.25, -0.2) is 0 Å². The first-order valence-electron chi connectivity index (χ1n) is 6.31. The van der Waals surface area contributed by atoms with Gasteiger partial charge >= 0.3 is 0 Å². The minimum atomic E-state index is -0.375. The number of hydrogen-bond donors (Lipinski definition) is 1. The third kappa shape index (κ3) is 3.43. The number of rotatable bonds is 7. The fourth-order valence-electron chi connectivity index (χ4n) is 1.71. The molecule has 1 aromatic carbocycles. The fraction of sp³-hybridized carbons (Fsp3) is 0.538. The molecule has 98 valence electrons. The van der Waals surface area contributed by atoms with Crippen molar-refractivity contribution < 1.29 is 9.66 Å². The smallest absolute Gasteiger partial charge is 0.270 e. The second-order valence-electron chi connectivity index (χ2n) is 4.58. The lowest BCUT2D eigenvalue weighted by Crippen LogP contribution is -2.13. The number of ether oxygens (including phenoxy) is 1. The van der Waals surface area contributed by atoms with Gasteiger partial charge in [0.15, 0.2) is 0 Å². The maximum absolute atomic E-state index is 10.8. The SMILES string of the molecule is CCNCc1cc([N+](=O)[O-])ccc1OCC1CC1. The molecule has 0 aliphatic heterocycles. The lowest BCUT2D eigenvalue weighted by Gasteiger charge is -2.11. The number of hydrogen-bond acceptors (Lipinski definition) is 4. The molecule has 0 heterocycles. The van der Waals surface area contributed by atoms with E-state index in [1.807, 2.05) is 6.92 Å². The average Bonchev–Trinajstić information content (AvgIpc) is 3.18. The third-order valence-corrected chi connectivity index (χ3v) is 2.99. The first-order chi connectivity index (χ1) is 8.70. The van der Waals surface area contributed by atoms with Crippen LogP contribution in [0.2, 0.25) is 0 Å². The van der Waals surface area contributed by atoms with Crippen LogP contribution in [0.25, 0.3) is 0 Å². The molecule has 0 unspecified atom stereocenters. The van der Waals surface area contributed by atoms with Gasteiger partial charge in [-0.1, -0.05) is 6.92 Å². The summed E-state index contributed by atoms with van der Waals surface area (Å²) in [5.74, 6) is 1.43. The first kappa shape index (κ1) is 12.8. The second-order valence-corrected chi connectivity index (χ2v) is 4.58. The van der Waals surface area contributed by atoms with Gasteiger partial charge in [-0.2, -0.15) is 0 Å². The lowest BCUT2D eigenvalue weighted by molar-refractivity contribution is -0.384. The fourth-order valence-corrected chi connectivity index (χ4v) is 1.71. The van der Waals surface area contributed by atoms with Crippen molar-refractivity contribution in [3.63, 3.8) is 0 Å². The van der Waals surface area contributed by atoms with Gasteiger partial charge in [0.2, 0.25) is 0 Å². The molecule has 1 aromatic rings. The monoisotopic (exact) mass is 250 g/mol. The van der Waals surface area contributed by atoms with Gasteiger partial charge in [-0.05, 0) is 31.4 Å². The molecule has 0 radical (unpaired) electrons. The van der Waals surface area contributed by atoms with E-state index in [2.05, 4.69) is 5.32 Å². The Morgan fingerprint density at radius 3 is 2.89 bits per heavy atom. The van der Waals surface area contributed by atoms with E-state index in [0.29, 0.717) is 12.5 Å². The number of nitro groups is 1. The minimum absolute atomic E-state index is 0.113. The van der Waals surface area contributed by atoms with Gasteiger partial charge in [0.1, 0.15) is 5.75 Å². The highest BCUT2D eigenvalue weighted by Crippen LogP contribution is 2.31. The van der Waals surface area contributed by atoms with Crippen LogP contribution in [0.4, 0.5) is 5.69 Å². The molecule has 5 nitrogen and oxygen atoms in total. The Hall–Kier alpha value is -1.62. The molecule has 0 saturated heterocycles. The van der Waals surface area contributed by atoms with Crippen LogP contribution in [-0.4, -0.2) is 18.1 Å². The van der Waals surface area contributed by atoms with Crippen molar-refractivity contribution in [3.05, 3.63) is 33.9 Å². The van der Waals surface area contributed by atoms with E-state index in [9.17, 15) is 10.1 Å². The summed E-state index contributed by atoms with van der Waals surface area (Å²) in [6, 6.07) is 4.79. The van der Waals surface area contributed by atoms with E-state index in [-0.39, 0.29) is 10.6 Å². The highest BCUT2D eigenvalue weighted by molar-refractivity contribution is 5.43. The van der Waals surface area contributed by atoms with Gasteiger partial charge in [0, 0.05) is 24.2 Å². The van der Waals surface area contributed by atoms with Crippen molar-refractivity contribution in [2.75, 3.05) is 13.2 Å². The predicted molar refractivity (Wildman–Crippen MR) is 68.7 cm³/mol. The summed E-state index contributed by atoms with van der Waals surface area (Å²) >= 11 is 0. The van der Waals surface area contributed by atoms with Crippen molar-refractivity contribution in [1.29, 1.82) is 0 Å². The van der Waals surface area contributed by atoms with Crippen LogP contribution in [0.1, 0.15) is 25.3 Å². The van der Waals surface area contributed by atoms with Crippen LogP contribution in [0.5, 0.6) is 5.75 Å². The largest absolute Gasteiger partial charge is 0.493 e. The Morgan fingerprint density at radius 1 is 1.50 bits per heavy atom. The maximum Gasteiger partial charge on any atom is 0.270 e. The molecular weight excluding hydrogens is 232 g/mol. The Kier molecular flexibility index (Phi) is 4.15. The third-order valence-electron chi connectivity index (χ3n) is 2.99. The number of nitro benzene ring substituents is 1. The molecule has 0 amide bonds. The molecule has 0 atom stereocenters. The number of nitrogens with one attached hydrogen (secondary N) is 1. The molecule has 0 spiro atoms. The van der Waals surface area contributed by atoms with Gasteiger partial charge in [0.25, 0.3) is 5.69 Å². The first-order valence-corrected chi connectivity index (χ1v) is 6.31. The molecule has 0 aromatic heterocycles. The Bertz CT molecular complexity index is 430. The van der Waals surface area contributed by atoms with E-state index >= 15 is 0 Å². The van der Waals surface area contributed by atoms with Gasteiger partial charge in [-0.15, -0.1) is 0 Å². The summed E-state index contributed by atoms with van der Waals surface area (Å²) in [7, 11) is 0. The number of non-ortho nitro benzene ring substituents is 1. The van der Waals surface area contributed by atoms with Crippen LogP contribution < -0.4 is 10.1 Å². The van der Waals surface area contributed by atoms with Crippen LogP contribution in [0.3, 0.4) is 0 Å². The normalized spacial score (nSPS) is 14.5. The van der Waals surface area contributed by atoms with Crippen LogP contribution >= 0.6 is 0 Å². The van der Waals surface area contributed by atoms with Crippen LogP contribution in [-0.2, 0) is 6.54 Å². The Morgan fingerprint density at radius 2 is 2.28 bits per heavy atom. The molecule has 5 heteroatoms. The topological polar surface area (TPSA) is 64.4 Å². The summed E-state index contributed by atoms with van der Waals surface area (Å²) in [4.78, 5) is 10.4. The zero-order valence-electron chi connectivity index (χ0n) is 10.5. The zero-order valence-corrected chi connectivity index (χ0v) is 10.5. The summed E-state index contributed by atoms with van der Waals surface area (Å²) in [6.07, 6.45) is 2.46. The van der Waals surface area contributed by atoms with Crippen molar-refractivity contribution >= 4 is 5.69 Å². The summed E-state index contributed by atoms with van der Waals surface area (Å²) < 4.78 is 5.73. The number of nitrogens with zero attached hydrogens (tertiary/aromatic N) is 1. The standard InChI is InChI=1S/C13H18N2O3/c1-2-14-8-11-7-12(15(16)17)5-6-13(11)18-9-10-3-4-10/h5-7,10,14H,2-4,8-9H2,1H3. The van der Waals surface area contributed by atoms with E-state index in [1.54, 1.807) is 12.1 Å².